The molecule has 1 atom stereocenters. The minimum atomic E-state index is -0.822. The van der Waals surface area contributed by atoms with Gasteiger partial charge in [0.2, 0.25) is 0 Å². The van der Waals surface area contributed by atoms with Gasteiger partial charge in [-0.1, -0.05) is 60.7 Å². The lowest BCUT2D eigenvalue weighted by Gasteiger charge is -2.28. The van der Waals surface area contributed by atoms with Crippen molar-refractivity contribution in [3.05, 3.63) is 70.8 Å². The second-order valence-corrected chi connectivity index (χ2v) is 5.07. The molecule has 1 unspecified atom stereocenters. The van der Waals surface area contributed by atoms with Crippen LogP contribution in [0.3, 0.4) is 0 Å². The van der Waals surface area contributed by atoms with E-state index in [1.807, 2.05) is 43.3 Å². The first-order chi connectivity index (χ1) is 8.67. The van der Waals surface area contributed by atoms with Crippen molar-refractivity contribution >= 4 is 12.2 Å². The van der Waals surface area contributed by atoms with Gasteiger partial charge in [0.25, 0.3) is 0 Å². The molecule has 1 nitrogen and oxygen atoms in total. The Bertz CT molecular complexity index is 609. The van der Waals surface area contributed by atoms with Crippen LogP contribution in [0.1, 0.15) is 29.2 Å². The van der Waals surface area contributed by atoms with Gasteiger partial charge in [-0.2, -0.15) is 0 Å². The Morgan fingerprint density at radius 1 is 0.889 bits per heavy atom. The molecule has 0 radical (unpaired) electrons. The van der Waals surface area contributed by atoms with E-state index in [2.05, 4.69) is 24.3 Å². The van der Waals surface area contributed by atoms with Gasteiger partial charge in [0, 0.05) is 6.42 Å². The lowest BCUT2D eigenvalue weighted by atomic mass is 9.83. The fourth-order valence-electron chi connectivity index (χ4n) is 2.64. The van der Waals surface area contributed by atoms with E-state index in [9.17, 15) is 5.11 Å². The van der Waals surface area contributed by atoms with E-state index in [4.69, 9.17) is 0 Å². The summed E-state index contributed by atoms with van der Waals surface area (Å²) in [5.41, 5.74) is 3.64. The van der Waals surface area contributed by atoms with Crippen LogP contribution in [0.5, 0.6) is 0 Å². The minimum absolute atomic E-state index is 0.643. The van der Waals surface area contributed by atoms with Crippen molar-refractivity contribution in [1.29, 1.82) is 0 Å². The third kappa shape index (κ3) is 1.87. The summed E-state index contributed by atoms with van der Waals surface area (Å²) in [6.45, 7) is 1.89. The molecule has 0 heterocycles. The SMILES string of the molecule is CC1(O)Cc2ccccc2C=Cc2ccccc21. The van der Waals surface area contributed by atoms with E-state index < -0.39 is 5.60 Å². The van der Waals surface area contributed by atoms with Crippen LogP contribution in [-0.4, -0.2) is 5.11 Å². The summed E-state index contributed by atoms with van der Waals surface area (Å²) >= 11 is 0. The lowest BCUT2D eigenvalue weighted by Crippen LogP contribution is -2.26. The van der Waals surface area contributed by atoms with Crippen molar-refractivity contribution < 1.29 is 5.11 Å². The second kappa shape index (κ2) is 4.11. The van der Waals surface area contributed by atoms with E-state index in [1.54, 1.807) is 0 Å². The molecule has 0 bridgehead atoms. The van der Waals surface area contributed by atoms with Crippen molar-refractivity contribution in [2.45, 2.75) is 18.9 Å². The van der Waals surface area contributed by atoms with Gasteiger partial charge in [0.15, 0.2) is 0 Å². The van der Waals surface area contributed by atoms with Crippen LogP contribution in [0.25, 0.3) is 12.2 Å². The zero-order chi connectivity index (χ0) is 12.6. The standard InChI is InChI=1S/C17H16O/c1-17(18)12-15-8-3-2-6-13(15)10-11-14-7-4-5-9-16(14)17/h2-11,18H,12H2,1H3. The van der Waals surface area contributed by atoms with Crippen molar-refractivity contribution in [2.75, 3.05) is 0 Å². The monoisotopic (exact) mass is 236 g/mol. The summed E-state index contributed by atoms with van der Waals surface area (Å²) < 4.78 is 0. The molecule has 2 aromatic rings. The maximum Gasteiger partial charge on any atom is 0.0914 e. The van der Waals surface area contributed by atoms with E-state index in [1.165, 1.54) is 11.1 Å². The highest BCUT2D eigenvalue weighted by atomic mass is 16.3. The molecule has 0 aliphatic heterocycles. The summed E-state index contributed by atoms with van der Waals surface area (Å²) in [4.78, 5) is 0. The highest BCUT2D eigenvalue weighted by Crippen LogP contribution is 2.32. The molecule has 0 amide bonds. The molecule has 90 valence electrons. The van der Waals surface area contributed by atoms with E-state index in [0.717, 1.165) is 11.1 Å². The molecule has 0 fully saturated rings. The Labute approximate surface area is 107 Å². The first kappa shape index (κ1) is 11.2. The average Bonchev–Trinajstić information content (AvgIpc) is 2.36. The van der Waals surface area contributed by atoms with Crippen LogP contribution in [-0.2, 0) is 12.0 Å². The fraction of sp³-hybridized carbons (Fsp3) is 0.176. The molecule has 0 saturated heterocycles. The van der Waals surface area contributed by atoms with Gasteiger partial charge in [-0.25, -0.2) is 0 Å². The largest absolute Gasteiger partial charge is 0.385 e. The van der Waals surface area contributed by atoms with Crippen molar-refractivity contribution in [1.82, 2.24) is 0 Å². The Morgan fingerprint density at radius 2 is 1.50 bits per heavy atom. The van der Waals surface area contributed by atoms with Crippen LogP contribution in [0.4, 0.5) is 0 Å². The van der Waals surface area contributed by atoms with E-state index in [-0.39, 0.29) is 0 Å². The third-order valence-corrected chi connectivity index (χ3v) is 3.57. The van der Waals surface area contributed by atoms with Crippen LogP contribution < -0.4 is 0 Å². The predicted octanol–water partition coefficient (Wildman–Crippen LogP) is 3.62. The smallest absolute Gasteiger partial charge is 0.0914 e. The summed E-state index contributed by atoms with van der Waals surface area (Å²) in [6.07, 6.45) is 4.86. The quantitative estimate of drug-likeness (QED) is 0.740. The number of hydrogen-bond donors (Lipinski definition) is 1. The predicted molar refractivity (Wildman–Crippen MR) is 75.1 cm³/mol. The number of aliphatic hydroxyl groups is 1. The molecule has 1 N–H and O–H groups in total. The molecule has 0 spiro atoms. The Morgan fingerprint density at radius 3 is 2.33 bits per heavy atom. The van der Waals surface area contributed by atoms with Crippen LogP contribution in [0.2, 0.25) is 0 Å². The first-order valence-corrected chi connectivity index (χ1v) is 6.25. The Hall–Kier alpha value is -1.86. The zero-order valence-electron chi connectivity index (χ0n) is 10.4. The molecule has 1 aliphatic rings. The Kier molecular flexibility index (Phi) is 2.57. The van der Waals surface area contributed by atoms with E-state index >= 15 is 0 Å². The minimum Gasteiger partial charge on any atom is -0.385 e. The summed E-state index contributed by atoms with van der Waals surface area (Å²) in [5.74, 6) is 0. The van der Waals surface area contributed by atoms with Gasteiger partial charge < -0.3 is 5.11 Å². The second-order valence-electron chi connectivity index (χ2n) is 5.07. The van der Waals surface area contributed by atoms with Crippen LogP contribution in [0, 0.1) is 0 Å². The van der Waals surface area contributed by atoms with Gasteiger partial charge in [-0.15, -0.1) is 0 Å². The van der Waals surface area contributed by atoms with Gasteiger partial charge >= 0.3 is 0 Å². The molecule has 0 saturated carbocycles. The molecule has 1 aliphatic carbocycles. The van der Waals surface area contributed by atoms with Gasteiger partial charge in [-0.05, 0) is 29.2 Å². The molecular formula is C17H16O. The summed E-state index contributed by atoms with van der Waals surface area (Å²) in [7, 11) is 0. The normalized spacial score (nSPS) is 21.7. The third-order valence-electron chi connectivity index (χ3n) is 3.57. The molecule has 18 heavy (non-hydrogen) atoms. The van der Waals surface area contributed by atoms with Gasteiger partial charge in [-0.3, -0.25) is 0 Å². The van der Waals surface area contributed by atoms with Crippen molar-refractivity contribution in [2.24, 2.45) is 0 Å². The molecule has 1 heteroatoms. The molecule has 3 rings (SSSR count). The number of rotatable bonds is 0. The summed E-state index contributed by atoms with van der Waals surface area (Å²) in [5, 5.41) is 10.7. The van der Waals surface area contributed by atoms with Gasteiger partial charge in [0.05, 0.1) is 5.60 Å². The molecule has 0 aromatic heterocycles. The number of hydrogen-bond acceptors (Lipinski definition) is 1. The molecular weight excluding hydrogens is 220 g/mol. The lowest BCUT2D eigenvalue weighted by molar-refractivity contribution is 0.0573. The number of fused-ring (bicyclic) bond motifs is 2. The number of benzene rings is 2. The van der Waals surface area contributed by atoms with Crippen LogP contribution in [0.15, 0.2) is 48.5 Å². The van der Waals surface area contributed by atoms with E-state index in [0.29, 0.717) is 6.42 Å². The maximum absolute atomic E-state index is 10.7. The fourth-order valence-corrected chi connectivity index (χ4v) is 2.64. The first-order valence-electron chi connectivity index (χ1n) is 6.25. The van der Waals surface area contributed by atoms with Gasteiger partial charge in [0.1, 0.15) is 0 Å². The Balaban J connectivity index is 2.22. The zero-order valence-corrected chi connectivity index (χ0v) is 10.4. The summed E-state index contributed by atoms with van der Waals surface area (Å²) in [6, 6.07) is 16.3. The average molecular weight is 236 g/mol. The highest BCUT2D eigenvalue weighted by Gasteiger charge is 2.27. The topological polar surface area (TPSA) is 20.2 Å². The van der Waals surface area contributed by atoms with Crippen LogP contribution >= 0.6 is 0 Å². The van der Waals surface area contributed by atoms with Crippen molar-refractivity contribution in [3.63, 3.8) is 0 Å². The highest BCUT2D eigenvalue weighted by molar-refractivity contribution is 5.74. The van der Waals surface area contributed by atoms with Crippen molar-refractivity contribution in [3.8, 4) is 0 Å². The molecule has 2 aromatic carbocycles. The maximum atomic E-state index is 10.7.